The van der Waals surface area contributed by atoms with Crippen LogP contribution in [0, 0.1) is 13.8 Å². The van der Waals surface area contributed by atoms with Crippen LogP contribution in [0.25, 0.3) is 0 Å². The Morgan fingerprint density at radius 2 is 1.79 bits per heavy atom. The van der Waals surface area contributed by atoms with Gasteiger partial charge in [-0.15, -0.1) is 0 Å². The lowest BCUT2D eigenvalue weighted by Gasteiger charge is -2.33. The molecule has 2 aromatic carbocycles. The summed E-state index contributed by atoms with van der Waals surface area (Å²) in [4.78, 5) is 17.2. The molecule has 3 unspecified atom stereocenters. The number of rotatable bonds is 5. The first-order valence-corrected chi connectivity index (χ1v) is 10.5. The summed E-state index contributed by atoms with van der Waals surface area (Å²) >= 11 is 0. The number of amides is 1. The SMILES string of the molecule is Cc1cc(C)cc(C(=O)N(CCc2ccccc2)C2=CC3CCC(C2)[NH+]3C)c1. The molecule has 2 aliphatic heterocycles. The lowest BCUT2D eigenvalue weighted by atomic mass is 10.0. The van der Waals surface area contributed by atoms with Gasteiger partial charge >= 0.3 is 0 Å². The van der Waals surface area contributed by atoms with Crippen molar-refractivity contribution in [3.05, 3.63) is 82.6 Å². The molecule has 2 aromatic rings. The monoisotopic (exact) mass is 375 g/mol. The molecule has 1 N–H and O–H groups in total. The van der Waals surface area contributed by atoms with Gasteiger partial charge in [-0.2, -0.15) is 0 Å². The first-order valence-electron chi connectivity index (χ1n) is 10.5. The molecule has 0 saturated carbocycles. The van der Waals surface area contributed by atoms with Crippen LogP contribution < -0.4 is 4.90 Å². The highest BCUT2D eigenvalue weighted by Gasteiger charge is 2.40. The van der Waals surface area contributed by atoms with Crippen LogP contribution in [0.5, 0.6) is 0 Å². The van der Waals surface area contributed by atoms with Crippen LogP contribution in [-0.4, -0.2) is 36.5 Å². The number of carbonyl (C=O) groups is 1. The fourth-order valence-electron chi connectivity index (χ4n) is 4.88. The quantitative estimate of drug-likeness (QED) is 0.852. The highest BCUT2D eigenvalue weighted by molar-refractivity contribution is 5.95. The van der Waals surface area contributed by atoms with Gasteiger partial charge in [0.05, 0.1) is 13.1 Å². The topological polar surface area (TPSA) is 24.8 Å². The third-order valence-corrected chi connectivity index (χ3v) is 6.43. The van der Waals surface area contributed by atoms with Gasteiger partial charge in [0, 0.05) is 37.1 Å². The first kappa shape index (κ1) is 18.9. The molecule has 28 heavy (non-hydrogen) atoms. The zero-order chi connectivity index (χ0) is 19.7. The van der Waals surface area contributed by atoms with Gasteiger partial charge in [-0.3, -0.25) is 4.79 Å². The van der Waals surface area contributed by atoms with Crippen molar-refractivity contribution in [3.8, 4) is 0 Å². The number of nitrogens with one attached hydrogen (secondary N) is 1. The summed E-state index contributed by atoms with van der Waals surface area (Å²) in [5.74, 6) is 0.146. The van der Waals surface area contributed by atoms with Crippen LogP contribution in [0.3, 0.4) is 0 Å². The Labute approximate surface area is 168 Å². The fourth-order valence-corrected chi connectivity index (χ4v) is 4.88. The van der Waals surface area contributed by atoms with Gasteiger partial charge in [0.25, 0.3) is 5.91 Å². The highest BCUT2D eigenvalue weighted by Crippen LogP contribution is 2.26. The van der Waals surface area contributed by atoms with Crippen molar-refractivity contribution >= 4 is 5.91 Å². The van der Waals surface area contributed by atoms with Crippen LogP contribution in [0.15, 0.2) is 60.3 Å². The first-order chi connectivity index (χ1) is 13.5. The number of likely N-dealkylation sites (N-methyl/N-ethyl adjacent to an activating group) is 1. The van der Waals surface area contributed by atoms with Crippen molar-refractivity contribution in [2.24, 2.45) is 0 Å². The van der Waals surface area contributed by atoms with E-state index in [9.17, 15) is 4.79 Å². The minimum atomic E-state index is 0.146. The molecule has 2 heterocycles. The number of hydrogen-bond donors (Lipinski definition) is 1. The largest absolute Gasteiger partial charge is 0.329 e. The van der Waals surface area contributed by atoms with E-state index >= 15 is 0 Å². The average molecular weight is 376 g/mol. The zero-order valence-electron chi connectivity index (χ0n) is 17.2. The number of benzene rings is 2. The fraction of sp³-hybridized carbons (Fsp3) is 0.400. The molecule has 2 bridgehead atoms. The Kier molecular flexibility index (Phi) is 5.36. The van der Waals surface area contributed by atoms with Crippen LogP contribution in [0.4, 0.5) is 0 Å². The molecule has 2 aliphatic rings. The molecule has 0 spiro atoms. The summed E-state index contributed by atoms with van der Waals surface area (Å²) in [5, 5.41) is 0. The van der Waals surface area contributed by atoms with E-state index in [4.69, 9.17) is 0 Å². The Hall–Kier alpha value is -2.39. The highest BCUT2D eigenvalue weighted by atomic mass is 16.2. The summed E-state index contributed by atoms with van der Waals surface area (Å²) in [6.45, 7) is 4.87. The molecule has 1 amide bonds. The number of nitrogens with zero attached hydrogens (tertiary/aromatic N) is 1. The Bertz CT molecular complexity index is 866. The van der Waals surface area contributed by atoms with Crippen molar-refractivity contribution in [3.63, 3.8) is 0 Å². The van der Waals surface area contributed by atoms with Gasteiger partial charge in [0.15, 0.2) is 0 Å². The van der Waals surface area contributed by atoms with E-state index in [1.54, 1.807) is 4.90 Å². The van der Waals surface area contributed by atoms with E-state index in [0.29, 0.717) is 12.1 Å². The maximum Gasteiger partial charge on any atom is 0.258 e. The molecule has 0 radical (unpaired) electrons. The average Bonchev–Trinajstić information content (AvgIpc) is 2.89. The van der Waals surface area contributed by atoms with E-state index in [0.717, 1.165) is 36.1 Å². The van der Waals surface area contributed by atoms with Crippen molar-refractivity contribution in [1.82, 2.24) is 4.90 Å². The van der Waals surface area contributed by atoms with Gasteiger partial charge in [-0.05, 0) is 44.0 Å². The second-order valence-electron chi connectivity index (χ2n) is 8.56. The lowest BCUT2D eigenvalue weighted by Crippen LogP contribution is -3.14. The van der Waals surface area contributed by atoms with E-state index < -0.39 is 0 Å². The van der Waals surface area contributed by atoms with E-state index in [-0.39, 0.29) is 5.91 Å². The summed E-state index contributed by atoms with van der Waals surface area (Å²) in [5.41, 5.74) is 5.62. The predicted molar refractivity (Wildman–Crippen MR) is 113 cm³/mol. The Morgan fingerprint density at radius 1 is 1.07 bits per heavy atom. The number of aryl methyl sites for hydroxylation is 2. The van der Waals surface area contributed by atoms with E-state index in [2.05, 4.69) is 62.2 Å². The second kappa shape index (κ2) is 7.92. The molecule has 1 saturated heterocycles. The number of carbonyl (C=O) groups excluding carboxylic acids is 1. The summed E-state index contributed by atoms with van der Waals surface area (Å²) < 4.78 is 0. The van der Waals surface area contributed by atoms with Gasteiger partial charge in [-0.1, -0.05) is 47.5 Å². The minimum absolute atomic E-state index is 0.146. The molecule has 1 fully saturated rings. The lowest BCUT2D eigenvalue weighted by molar-refractivity contribution is -0.912. The summed E-state index contributed by atoms with van der Waals surface area (Å²) in [6, 6.07) is 17.9. The van der Waals surface area contributed by atoms with Crippen molar-refractivity contribution < 1.29 is 9.69 Å². The van der Waals surface area contributed by atoms with E-state index in [1.165, 1.54) is 24.1 Å². The number of fused-ring (bicyclic) bond motifs is 2. The minimum Gasteiger partial charge on any atom is -0.329 e. The molecule has 3 atom stereocenters. The van der Waals surface area contributed by atoms with E-state index in [1.807, 2.05) is 18.2 Å². The normalized spacial score (nSPS) is 23.4. The van der Waals surface area contributed by atoms with Crippen molar-refractivity contribution in [1.29, 1.82) is 0 Å². The molecular weight excluding hydrogens is 344 g/mol. The summed E-state index contributed by atoms with van der Waals surface area (Å²) in [6.07, 6.45) is 6.77. The number of quaternary nitrogens is 1. The van der Waals surface area contributed by atoms with Gasteiger partial charge in [0.1, 0.15) is 6.04 Å². The maximum atomic E-state index is 13.6. The molecule has 3 nitrogen and oxygen atoms in total. The van der Waals surface area contributed by atoms with Gasteiger partial charge in [0.2, 0.25) is 0 Å². The van der Waals surface area contributed by atoms with Crippen molar-refractivity contribution in [2.75, 3.05) is 13.6 Å². The van der Waals surface area contributed by atoms with Gasteiger partial charge < -0.3 is 9.80 Å². The van der Waals surface area contributed by atoms with Crippen molar-refractivity contribution in [2.45, 2.75) is 51.6 Å². The predicted octanol–water partition coefficient (Wildman–Crippen LogP) is 3.32. The number of hydrogen-bond acceptors (Lipinski definition) is 1. The smallest absolute Gasteiger partial charge is 0.258 e. The van der Waals surface area contributed by atoms with Crippen LogP contribution in [-0.2, 0) is 6.42 Å². The molecule has 0 aliphatic carbocycles. The maximum absolute atomic E-state index is 13.6. The van der Waals surface area contributed by atoms with Crippen LogP contribution in [0.2, 0.25) is 0 Å². The second-order valence-corrected chi connectivity index (χ2v) is 8.56. The standard InChI is InChI=1S/C25H30N2O/c1-18-13-19(2)15-21(14-18)25(28)27(12-11-20-7-5-4-6-8-20)24-16-22-9-10-23(17-24)26(22)3/h4-8,13-16,22-23H,9-12,17H2,1-3H3/p+1. The summed E-state index contributed by atoms with van der Waals surface area (Å²) in [7, 11) is 2.30. The van der Waals surface area contributed by atoms with Crippen LogP contribution in [0.1, 0.15) is 46.3 Å². The molecule has 0 aromatic heterocycles. The van der Waals surface area contributed by atoms with Gasteiger partial charge in [-0.25, -0.2) is 0 Å². The Balaban J connectivity index is 1.63. The molecule has 4 rings (SSSR count). The van der Waals surface area contributed by atoms with Crippen LogP contribution >= 0.6 is 0 Å². The molecule has 146 valence electrons. The third kappa shape index (κ3) is 3.90. The zero-order valence-corrected chi connectivity index (χ0v) is 17.2. The Morgan fingerprint density at radius 3 is 2.46 bits per heavy atom. The third-order valence-electron chi connectivity index (χ3n) is 6.43. The molecule has 3 heteroatoms. The molecular formula is C25H31N2O+.